The third kappa shape index (κ3) is 3.79. The zero-order chi connectivity index (χ0) is 20.7. The fourth-order valence-electron chi connectivity index (χ4n) is 5.52. The minimum Gasteiger partial charge on any atom is -0.458 e. The summed E-state index contributed by atoms with van der Waals surface area (Å²) in [5, 5.41) is 10.2. The van der Waals surface area contributed by atoms with Gasteiger partial charge in [-0.2, -0.15) is 0 Å². The maximum atomic E-state index is 11.7. The lowest BCUT2D eigenvalue weighted by molar-refractivity contribution is -0.141. The number of phosphoric acid groups is 1. The molecule has 8 heteroatoms. The molecule has 3 rings (SSSR count). The maximum absolute atomic E-state index is 11.7. The number of allylic oxidation sites excluding steroid dienone is 2. The molecule has 5 atom stereocenters. The molecule has 2 saturated carbocycles. The largest absolute Gasteiger partial charge is 0.469 e. The van der Waals surface area contributed by atoms with Gasteiger partial charge in [0.05, 0.1) is 18.3 Å². The van der Waals surface area contributed by atoms with Crippen molar-refractivity contribution in [3.63, 3.8) is 0 Å². The van der Waals surface area contributed by atoms with E-state index in [1.54, 1.807) is 12.2 Å². The smallest absolute Gasteiger partial charge is 0.458 e. The molecule has 2 unspecified atom stereocenters. The average Bonchev–Trinajstić information content (AvgIpc) is 3.01. The van der Waals surface area contributed by atoms with Crippen LogP contribution in [0.15, 0.2) is 36.0 Å². The Morgan fingerprint density at radius 1 is 1.39 bits per heavy atom. The molecule has 3 N–H and O–H groups in total. The van der Waals surface area contributed by atoms with Gasteiger partial charge < -0.3 is 19.6 Å². The van der Waals surface area contributed by atoms with Crippen LogP contribution < -0.4 is 0 Å². The van der Waals surface area contributed by atoms with Crippen LogP contribution in [0.2, 0.25) is 0 Å². The Morgan fingerprint density at radius 2 is 2.11 bits per heavy atom. The monoisotopic (exact) mass is 412 g/mol. The summed E-state index contributed by atoms with van der Waals surface area (Å²) in [6.07, 6.45) is 7.42. The van der Waals surface area contributed by atoms with Crippen molar-refractivity contribution in [2.75, 3.05) is 13.2 Å². The lowest BCUT2D eigenvalue weighted by Gasteiger charge is -2.60. The van der Waals surface area contributed by atoms with Crippen LogP contribution in [0.5, 0.6) is 0 Å². The van der Waals surface area contributed by atoms with Gasteiger partial charge in [0.25, 0.3) is 0 Å². The molecule has 0 aromatic rings. The fourth-order valence-corrected chi connectivity index (χ4v) is 6.20. The molecule has 1 heterocycles. The second-order valence-corrected chi connectivity index (χ2v) is 9.83. The number of fused-ring (bicyclic) bond motifs is 1. The molecule has 2 aliphatic carbocycles. The van der Waals surface area contributed by atoms with Crippen LogP contribution >= 0.6 is 7.82 Å². The standard InChI is InChI=1S/C20H29O7P/c1-13-4-7-16-19(2,15(13)6-5-14-9-11-26-18(14)22)10-8-17(20(16,3)12-21)27-28(23,24)25/h5-6,9,15-17,21H,1,4,7-8,10-12H2,2-3H3,(H2,23,24,25)/b6-5+/t15?,16?,17-,19-,20+/m1/s1. The van der Waals surface area contributed by atoms with Gasteiger partial charge in [-0.25, -0.2) is 9.36 Å². The van der Waals surface area contributed by atoms with Crippen molar-refractivity contribution in [1.29, 1.82) is 0 Å². The molecule has 0 radical (unpaired) electrons. The first-order valence-corrected chi connectivity index (χ1v) is 11.1. The summed E-state index contributed by atoms with van der Waals surface area (Å²) in [4.78, 5) is 30.4. The first-order chi connectivity index (χ1) is 13.0. The van der Waals surface area contributed by atoms with Gasteiger partial charge in [-0.1, -0.05) is 38.2 Å². The highest BCUT2D eigenvalue weighted by atomic mass is 31.2. The second kappa shape index (κ2) is 7.54. The molecular weight excluding hydrogens is 383 g/mol. The quantitative estimate of drug-likeness (QED) is 0.361. The van der Waals surface area contributed by atoms with Gasteiger partial charge in [0.2, 0.25) is 0 Å². The summed E-state index contributed by atoms with van der Waals surface area (Å²) in [5.74, 6) is -0.360. The molecule has 0 saturated heterocycles. The molecule has 7 nitrogen and oxygen atoms in total. The molecule has 156 valence electrons. The molecule has 0 bridgehead atoms. The number of phosphoric ester groups is 1. The zero-order valence-electron chi connectivity index (χ0n) is 16.3. The average molecular weight is 412 g/mol. The van der Waals surface area contributed by atoms with E-state index in [1.807, 2.05) is 13.0 Å². The van der Waals surface area contributed by atoms with Crippen molar-refractivity contribution >= 4 is 13.8 Å². The molecule has 0 aromatic heterocycles. The highest BCUT2D eigenvalue weighted by Crippen LogP contribution is 2.63. The Bertz CT molecular complexity index is 767. The summed E-state index contributed by atoms with van der Waals surface area (Å²) in [6.45, 7) is 8.29. The number of carbonyl (C=O) groups excluding carboxylic acids is 1. The Balaban J connectivity index is 1.92. The van der Waals surface area contributed by atoms with E-state index in [2.05, 4.69) is 13.5 Å². The van der Waals surface area contributed by atoms with Crippen LogP contribution in [0.1, 0.15) is 39.5 Å². The Labute approximate surface area is 165 Å². The molecule has 0 spiro atoms. The van der Waals surface area contributed by atoms with Crippen molar-refractivity contribution in [2.24, 2.45) is 22.7 Å². The van der Waals surface area contributed by atoms with E-state index in [9.17, 15) is 24.3 Å². The number of ether oxygens (including phenoxy) is 1. The first-order valence-electron chi connectivity index (χ1n) is 9.59. The van der Waals surface area contributed by atoms with Gasteiger partial charge in [-0.15, -0.1) is 0 Å². The van der Waals surface area contributed by atoms with Crippen molar-refractivity contribution in [2.45, 2.75) is 45.6 Å². The number of rotatable bonds is 5. The third-order valence-corrected chi connectivity index (χ3v) is 7.53. The number of esters is 1. The summed E-state index contributed by atoms with van der Waals surface area (Å²) >= 11 is 0. The number of cyclic esters (lactones) is 1. The van der Waals surface area contributed by atoms with Crippen molar-refractivity contribution in [3.8, 4) is 0 Å². The van der Waals surface area contributed by atoms with Gasteiger partial charge in [-0.3, -0.25) is 4.52 Å². The lowest BCUT2D eigenvalue weighted by atomic mass is 9.46. The van der Waals surface area contributed by atoms with Gasteiger partial charge in [0.1, 0.15) is 6.61 Å². The van der Waals surface area contributed by atoms with Gasteiger partial charge in [0, 0.05) is 11.3 Å². The minimum absolute atomic E-state index is 0.0116. The number of hydrogen-bond acceptors (Lipinski definition) is 5. The highest BCUT2D eigenvalue weighted by Gasteiger charge is 2.58. The molecule has 2 fully saturated rings. The van der Waals surface area contributed by atoms with Crippen LogP contribution in [-0.4, -0.2) is 40.2 Å². The predicted octanol–water partition coefficient (Wildman–Crippen LogP) is 2.88. The molecule has 0 amide bonds. The number of hydrogen-bond donors (Lipinski definition) is 3. The van der Waals surface area contributed by atoms with Crippen LogP contribution in [0, 0.1) is 22.7 Å². The van der Waals surface area contributed by atoms with Crippen molar-refractivity contribution in [3.05, 3.63) is 36.0 Å². The Morgan fingerprint density at radius 3 is 2.68 bits per heavy atom. The number of carbonyl (C=O) groups is 1. The predicted molar refractivity (Wildman–Crippen MR) is 103 cm³/mol. The number of aliphatic hydroxyl groups is 1. The Kier molecular flexibility index (Phi) is 5.78. The van der Waals surface area contributed by atoms with Gasteiger partial charge >= 0.3 is 13.8 Å². The molecule has 3 aliphatic rings. The molecule has 1 aliphatic heterocycles. The van der Waals surface area contributed by atoms with Crippen LogP contribution in [0.25, 0.3) is 0 Å². The maximum Gasteiger partial charge on any atom is 0.469 e. The van der Waals surface area contributed by atoms with Crippen LogP contribution in [0.4, 0.5) is 0 Å². The van der Waals surface area contributed by atoms with Crippen molar-refractivity contribution < 1.29 is 33.5 Å². The van der Waals surface area contributed by atoms with E-state index in [4.69, 9.17) is 9.26 Å². The molecular formula is C20H29O7P. The molecule has 28 heavy (non-hydrogen) atoms. The highest BCUT2D eigenvalue weighted by molar-refractivity contribution is 7.46. The van der Waals surface area contributed by atoms with Crippen molar-refractivity contribution in [1.82, 2.24) is 0 Å². The van der Waals surface area contributed by atoms with E-state index in [0.29, 0.717) is 18.4 Å². The topological polar surface area (TPSA) is 113 Å². The molecule has 0 aromatic carbocycles. The SMILES string of the molecule is C=C1CCC2[C@](C)(CC[C@@H](OP(=O)(O)O)[C@@]2(C)CO)C1/C=C/C1=CCOC1=O. The summed E-state index contributed by atoms with van der Waals surface area (Å²) < 4.78 is 21.5. The van der Waals surface area contributed by atoms with E-state index < -0.39 is 19.3 Å². The van der Waals surface area contributed by atoms with E-state index in [0.717, 1.165) is 18.4 Å². The Hall–Kier alpha value is -1.24. The summed E-state index contributed by atoms with van der Waals surface area (Å²) in [6, 6.07) is 0. The summed E-state index contributed by atoms with van der Waals surface area (Å²) in [7, 11) is -4.66. The van der Waals surface area contributed by atoms with Gasteiger partial charge in [0.15, 0.2) is 0 Å². The zero-order valence-corrected chi connectivity index (χ0v) is 17.2. The summed E-state index contributed by atoms with van der Waals surface area (Å²) in [5.41, 5.74) is 0.548. The fraction of sp³-hybridized carbons (Fsp3) is 0.650. The van der Waals surface area contributed by atoms with E-state index in [-0.39, 0.29) is 36.4 Å². The second-order valence-electron chi connectivity index (χ2n) is 8.64. The van der Waals surface area contributed by atoms with E-state index >= 15 is 0 Å². The van der Waals surface area contributed by atoms with Crippen LogP contribution in [0.3, 0.4) is 0 Å². The van der Waals surface area contributed by atoms with Gasteiger partial charge in [-0.05, 0) is 43.1 Å². The first kappa shape index (κ1) is 21.5. The van der Waals surface area contributed by atoms with Crippen LogP contribution in [-0.2, 0) is 18.6 Å². The lowest BCUT2D eigenvalue weighted by Crippen LogP contribution is -2.57. The minimum atomic E-state index is -4.66. The normalized spacial score (nSPS) is 39.0. The van der Waals surface area contributed by atoms with E-state index in [1.165, 1.54) is 0 Å². The third-order valence-electron chi connectivity index (χ3n) is 7.00. The number of aliphatic hydroxyl groups excluding tert-OH is 1.